The Labute approximate surface area is 101 Å². The maximum atomic E-state index is 11.5. The van der Waals surface area contributed by atoms with E-state index in [4.69, 9.17) is 15.6 Å². The van der Waals surface area contributed by atoms with Gasteiger partial charge in [-0.05, 0) is 27.7 Å². The van der Waals surface area contributed by atoms with Gasteiger partial charge in [-0.25, -0.2) is 0 Å². The zero-order chi connectivity index (χ0) is 13.6. The molecule has 5 heteroatoms. The maximum Gasteiger partial charge on any atom is 0.321 e. The second-order valence-electron chi connectivity index (χ2n) is 4.73. The minimum atomic E-state index is -1.11. The fourth-order valence-corrected chi connectivity index (χ4v) is 0.858. The van der Waals surface area contributed by atoms with Crippen molar-refractivity contribution in [1.82, 2.24) is 0 Å². The molecule has 0 aromatic heterocycles. The highest BCUT2D eigenvalue weighted by atomic mass is 16.6. The number of hydrogen-bond acceptors (Lipinski definition) is 4. The summed E-state index contributed by atoms with van der Waals surface area (Å²) in [5.41, 5.74) is 4.71. The number of ether oxygens (including phenoxy) is 1. The fourth-order valence-electron chi connectivity index (χ4n) is 0.858. The molecule has 0 saturated heterocycles. The molecule has 0 aliphatic rings. The van der Waals surface area contributed by atoms with Crippen molar-refractivity contribution in [3.05, 3.63) is 0 Å². The molecule has 96 valence electrons. The van der Waals surface area contributed by atoms with Crippen molar-refractivity contribution in [2.75, 3.05) is 0 Å². The quantitative estimate of drug-likeness (QED) is 0.562. The number of carboxylic acids is 1. The Bertz CT molecular complexity index is 346. The van der Waals surface area contributed by atoms with E-state index < -0.39 is 29.5 Å². The Balaban J connectivity index is 4.26. The smallest absolute Gasteiger partial charge is 0.321 e. The minimum absolute atomic E-state index is 0.0163. The van der Waals surface area contributed by atoms with Crippen LogP contribution in [0.4, 0.5) is 0 Å². The van der Waals surface area contributed by atoms with E-state index in [1.54, 1.807) is 27.7 Å². The van der Waals surface area contributed by atoms with Crippen molar-refractivity contribution in [3.63, 3.8) is 0 Å². The van der Waals surface area contributed by atoms with Crippen LogP contribution in [0.5, 0.6) is 0 Å². The van der Waals surface area contributed by atoms with Crippen LogP contribution in [-0.4, -0.2) is 28.7 Å². The number of carbonyl (C=O) groups is 2. The van der Waals surface area contributed by atoms with Gasteiger partial charge in [-0.1, -0.05) is 5.92 Å². The number of aliphatic carboxylic acids is 1. The summed E-state index contributed by atoms with van der Waals surface area (Å²) in [4.78, 5) is 21.9. The molecule has 3 N–H and O–H groups in total. The molecule has 0 saturated carbocycles. The zero-order valence-corrected chi connectivity index (χ0v) is 10.6. The Morgan fingerprint density at radius 3 is 2.35 bits per heavy atom. The van der Waals surface area contributed by atoms with Gasteiger partial charge in [0, 0.05) is 6.42 Å². The van der Waals surface area contributed by atoms with Crippen molar-refractivity contribution < 1.29 is 19.4 Å². The van der Waals surface area contributed by atoms with E-state index in [2.05, 4.69) is 11.8 Å². The van der Waals surface area contributed by atoms with Gasteiger partial charge in [-0.3, -0.25) is 9.59 Å². The van der Waals surface area contributed by atoms with Gasteiger partial charge < -0.3 is 15.6 Å². The summed E-state index contributed by atoms with van der Waals surface area (Å²) in [7, 11) is 0. The van der Waals surface area contributed by atoms with E-state index in [0.29, 0.717) is 0 Å². The normalized spacial score (nSPS) is 14.2. The van der Waals surface area contributed by atoms with Crippen molar-refractivity contribution in [1.29, 1.82) is 0 Å². The first-order valence-electron chi connectivity index (χ1n) is 5.33. The summed E-state index contributed by atoms with van der Waals surface area (Å²) >= 11 is 0. The van der Waals surface area contributed by atoms with E-state index in [1.807, 2.05) is 0 Å². The van der Waals surface area contributed by atoms with Crippen LogP contribution in [-0.2, 0) is 14.3 Å². The minimum Gasteiger partial charge on any atom is -0.480 e. The molecule has 0 aliphatic heterocycles. The van der Waals surface area contributed by atoms with Crippen LogP contribution in [0.3, 0.4) is 0 Å². The largest absolute Gasteiger partial charge is 0.480 e. The highest BCUT2D eigenvalue weighted by Gasteiger charge is 2.20. The first-order valence-corrected chi connectivity index (χ1v) is 5.33. The Kier molecular flexibility index (Phi) is 5.69. The lowest BCUT2D eigenvalue weighted by Gasteiger charge is -2.20. The molecule has 0 fully saturated rings. The highest BCUT2D eigenvalue weighted by Crippen LogP contribution is 2.10. The summed E-state index contributed by atoms with van der Waals surface area (Å²) < 4.78 is 5.12. The van der Waals surface area contributed by atoms with Crippen molar-refractivity contribution in [3.8, 4) is 11.8 Å². The lowest BCUT2D eigenvalue weighted by Crippen LogP contribution is -2.29. The van der Waals surface area contributed by atoms with Gasteiger partial charge in [-0.2, -0.15) is 0 Å². The molecule has 0 amide bonds. The predicted octanol–water partition coefficient (Wildman–Crippen LogP) is 0.770. The second-order valence-corrected chi connectivity index (χ2v) is 4.73. The van der Waals surface area contributed by atoms with Crippen molar-refractivity contribution in [2.24, 2.45) is 11.7 Å². The van der Waals surface area contributed by atoms with Crippen LogP contribution in [0.25, 0.3) is 0 Å². The summed E-state index contributed by atoms with van der Waals surface area (Å²) in [6.07, 6.45) is 0.0163. The Morgan fingerprint density at radius 2 is 1.94 bits per heavy atom. The van der Waals surface area contributed by atoms with Crippen LogP contribution < -0.4 is 5.73 Å². The molecule has 0 heterocycles. The van der Waals surface area contributed by atoms with E-state index in [0.717, 1.165) is 0 Å². The van der Waals surface area contributed by atoms with Crippen LogP contribution >= 0.6 is 0 Å². The Hall–Kier alpha value is -1.54. The molecular formula is C12H19NO4. The second kappa shape index (κ2) is 6.26. The van der Waals surface area contributed by atoms with Gasteiger partial charge in [-0.15, -0.1) is 5.92 Å². The average Bonchev–Trinajstić information content (AvgIpc) is 2.14. The lowest BCUT2D eigenvalue weighted by molar-refractivity contribution is -0.157. The number of carboxylic acid groups (broad SMARTS) is 1. The first kappa shape index (κ1) is 15.5. The third-order valence-electron chi connectivity index (χ3n) is 1.72. The highest BCUT2D eigenvalue weighted by molar-refractivity contribution is 5.76. The summed E-state index contributed by atoms with van der Waals surface area (Å²) in [5, 5.41) is 8.52. The summed E-state index contributed by atoms with van der Waals surface area (Å²) in [5.74, 6) is 3.08. The van der Waals surface area contributed by atoms with Crippen LogP contribution in [0, 0.1) is 17.8 Å². The fraction of sp³-hybridized carbons (Fsp3) is 0.667. The van der Waals surface area contributed by atoms with E-state index in [-0.39, 0.29) is 6.42 Å². The zero-order valence-electron chi connectivity index (χ0n) is 10.6. The third kappa shape index (κ3) is 7.36. The summed E-state index contributed by atoms with van der Waals surface area (Å²) in [6, 6.07) is -1.02. The Morgan fingerprint density at radius 1 is 1.41 bits per heavy atom. The third-order valence-corrected chi connectivity index (χ3v) is 1.72. The topological polar surface area (TPSA) is 89.6 Å². The number of carbonyl (C=O) groups excluding carboxylic acids is 1. The molecule has 2 unspecified atom stereocenters. The van der Waals surface area contributed by atoms with E-state index in [1.165, 1.54) is 0 Å². The van der Waals surface area contributed by atoms with Gasteiger partial charge in [0.05, 0.1) is 0 Å². The van der Waals surface area contributed by atoms with E-state index in [9.17, 15) is 9.59 Å². The summed E-state index contributed by atoms with van der Waals surface area (Å²) in [6.45, 7) is 6.91. The molecule has 0 radical (unpaired) electrons. The standard InChI is InChI=1S/C12H19NO4/c1-8(11(16)17-12(2,3)4)6-5-7-9(13)10(14)15/h8-9H,7,13H2,1-4H3,(H,14,15). The molecule has 0 spiro atoms. The molecule has 2 atom stereocenters. The van der Waals surface area contributed by atoms with Crippen LogP contribution in [0.15, 0.2) is 0 Å². The van der Waals surface area contributed by atoms with Gasteiger partial charge in [0.25, 0.3) is 0 Å². The van der Waals surface area contributed by atoms with E-state index >= 15 is 0 Å². The number of rotatable bonds is 3. The number of esters is 1. The molecule has 0 aliphatic carbocycles. The van der Waals surface area contributed by atoms with Crippen molar-refractivity contribution in [2.45, 2.75) is 45.8 Å². The molecule has 0 aromatic carbocycles. The molecule has 0 bridgehead atoms. The molecule has 0 rings (SSSR count). The van der Waals surface area contributed by atoms with Gasteiger partial charge in [0.2, 0.25) is 0 Å². The average molecular weight is 241 g/mol. The first-order chi connectivity index (χ1) is 7.63. The predicted molar refractivity (Wildman–Crippen MR) is 63.0 cm³/mol. The lowest BCUT2D eigenvalue weighted by atomic mass is 10.1. The van der Waals surface area contributed by atoms with Gasteiger partial charge in [0.1, 0.15) is 17.6 Å². The molecule has 5 nitrogen and oxygen atoms in total. The van der Waals surface area contributed by atoms with Crippen molar-refractivity contribution >= 4 is 11.9 Å². The maximum absolute atomic E-state index is 11.5. The number of nitrogens with two attached hydrogens (primary N) is 1. The number of hydrogen-bond donors (Lipinski definition) is 2. The SMILES string of the molecule is CC(C#CCC(N)C(=O)O)C(=O)OC(C)(C)C. The van der Waals surface area contributed by atoms with Crippen LogP contribution in [0.1, 0.15) is 34.1 Å². The molecule has 0 aromatic rings. The van der Waals surface area contributed by atoms with Gasteiger partial charge in [0.15, 0.2) is 0 Å². The molecule has 17 heavy (non-hydrogen) atoms. The monoisotopic (exact) mass is 241 g/mol. The van der Waals surface area contributed by atoms with Crippen LogP contribution in [0.2, 0.25) is 0 Å². The molecular weight excluding hydrogens is 222 g/mol. The van der Waals surface area contributed by atoms with Gasteiger partial charge >= 0.3 is 11.9 Å².